The van der Waals surface area contributed by atoms with Crippen molar-refractivity contribution >= 4 is 17.1 Å². The van der Waals surface area contributed by atoms with E-state index >= 15 is 0 Å². The highest BCUT2D eigenvalue weighted by Crippen LogP contribution is 2.29. The van der Waals surface area contributed by atoms with Crippen LogP contribution >= 0.6 is 0 Å². The van der Waals surface area contributed by atoms with Crippen molar-refractivity contribution in [1.29, 1.82) is 0 Å². The molecule has 2 aromatic carbocycles. The number of halogens is 1. The number of nitrogens with two attached hydrogens (primary N) is 1. The summed E-state index contributed by atoms with van der Waals surface area (Å²) in [6, 6.07) is 9.98. The van der Waals surface area contributed by atoms with Gasteiger partial charge in [0.05, 0.1) is 12.8 Å². The summed E-state index contributed by atoms with van der Waals surface area (Å²) in [6.45, 7) is 1.93. The van der Waals surface area contributed by atoms with E-state index in [0.717, 1.165) is 16.9 Å². The Kier molecular flexibility index (Phi) is 3.37. The van der Waals surface area contributed by atoms with Gasteiger partial charge in [0.2, 0.25) is 0 Å². The second kappa shape index (κ2) is 4.96. The Morgan fingerprint density at radius 3 is 2.61 bits per heavy atom. The Balaban J connectivity index is 2.30. The normalized spacial score (nSPS) is 10.2. The summed E-state index contributed by atoms with van der Waals surface area (Å²) in [4.78, 5) is 0. The van der Waals surface area contributed by atoms with Crippen LogP contribution in [0.15, 0.2) is 36.4 Å². The van der Waals surface area contributed by atoms with Crippen LogP contribution in [0.2, 0.25) is 0 Å². The van der Waals surface area contributed by atoms with Gasteiger partial charge in [-0.15, -0.1) is 0 Å². The van der Waals surface area contributed by atoms with Crippen molar-refractivity contribution in [1.82, 2.24) is 0 Å². The van der Waals surface area contributed by atoms with Gasteiger partial charge in [0.1, 0.15) is 11.6 Å². The van der Waals surface area contributed by atoms with Crippen LogP contribution in [0.4, 0.5) is 21.5 Å². The third-order valence-electron chi connectivity index (χ3n) is 2.71. The van der Waals surface area contributed by atoms with Crippen LogP contribution in [-0.4, -0.2) is 7.11 Å². The van der Waals surface area contributed by atoms with Crippen LogP contribution in [0.25, 0.3) is 0 Å². The highest BCUT2D eigenvalue weighted by atomic mass is 19.1. The van der Waals surface area contributed by atoms with Gasteiger partial charge in [0, 0.05) is 17.4 Å². The third kappa shape index (κ3) is 2.53. The van der Waals surface area contributed by atoms with E-state index in [1.807, 2.05) is 25.1 Å². The lowest BCUT2D eigenvalue weighted by atomic mass is 10.1. The quantitative estimate of drug-likeness (QED) is 0.815. The van der Waals surface area contributed by atoms with Gasteiger partial charge in [0.25, 0.3) is 0 Å². The number of hydrogen-bond donors (Lipinski definition) is 2. The lowest BCUT2D eigenvalue weighted by Gasteiger charge is -2.12. The summed E-state index contributed by atoms with van der Waals surface area (Å²) in [5.74, 6) is 0.135. The number of nitrogens with one attached hydrogen (secondary N) is 1. The molecule has 0 unspecified atom stereocenters. The zero-order valence-corrected chi connectivity index (χ0v) is 10.3. The summed E-state index contributed by atoms with van der Waals surface area (Å²) in [6.07, 6.45) is 0. The second-order valence-corrected chi connectivity index (χ2v) is 4.04. The number of aryl methyl sites for hydroxylation is 1. The molecule has 0 atom stereocenters. The van der Waals surface area contributed by atoms with Gasteiger partial charge in [-0.05, 0) is 42.8 Å². The van der Waals surface area contributed by atoms with Crippen molar-refractivity contribution in [2.24, 2.45) is 0 Å². The van der Waals surface area contributed by atoms with E-state index in [1.165, 1.54) is 19.2 Å². The molecule has 0 heterocycles. The molecule has 3 nitrogen and oxygen atoms in total. The first-order valence-corrected chi connectivity index (χ1v) is 5.57. The minimum atomic E-state index is -0.328. The average Bonchev–Trinajstić information content (AvgIpc) is 2.36. The van der Waals surface area contributed by atoms with E-state index in [2.05, 4.69) is 5.32 Å². The van der Waals surface area contributed by atoms with Crippen molar-refractivity contribution in [3.8, 4) is 5.75 Å². The highest BCUT2D eigenvalue weighted by molar-refractivity contribution is 5.68. The molecule has 0 spiro atoms. The molecule has 94 valence electrons. The van der Waals surface area contributed by atoms with Crippen LogP contribution in [-0.2, 0) is 0 Å². The number of ether oxygens (including phenoxy) is 1. The van der Waals surface area contributed by atoms with Crippen molar-refractivity contribution in [2.75, 3.05) is 18.2 Å². The second-order valence-electron chi connectivity index (χ2n) is 4.04. The van der Waals surface area contributed by atoms with Gasteiger partial charge >= 0.3 is 0 Å². The van der Waals surface area contributed by atoms with Crippen molar-refractivity contribution in [3.63, 3.8) is 0 Å². The molecule has 2 aromatic rings. The van der Waals surface area contributed by atoms with E-state index in [9.17, 15) is 4.39 Å². The first-order chi connectivity index (χ1) is 8.60. The Hall–Kier alpha value is -2.23. The van der Waals surface area contributed by atoms with Gasteiger partial charge in [-0.3, -0.25) is 0 Å². The molecule has 18 heavy (non-hydrogen) atoms. The Morgan fingerprint density at radius 2 is 1.94 bits per heavy atom. The standard InChI is InChI=1S/C14H15FN2O/c1-9-7-11(4-5-12(9)16)17-13-6-3-10(15)8-14(13)18-2/h3-8,17H,16H2,1-2H3. The minimum absolute atomic E-state index is 0.328. The zero-order chi connectivity index (χ0) is 13.1. The number of anilines is 3. The Labute approximate surface area is 105 Å². The van der Waals surface area contributed by atoms with Crippen LogP contribution < -0.4 is 15.8 Å². The summed E-state index contributed by atoms with van der Waals surface area (Å²) >= 11 is 0. The maximum atomic E-state index is 13.1. The molecule has 3 N–H and O–H groups in total. The lowest BCUT2D eigenvalue weighted by molar-refractivity contribution is 0.413. The van der Waals surface area contributed by atoms with Crippen molar-refractivity contribution in [2.45, 2.75) is 6.92 Å². The molecule has 0 radical (unpaired) electrons. The van der Waals surface area contributed by atoms with E-state index < -0.39 is 0 Å². The van der Waals surface area contributed by atoms with Crippen LogP contribution in [0.1, 0.15) is 5.56 Å². The smallest absolute Gasteiger partial charge is 0.145 e. The van der Waals surface area contributed by atoms with Gasteiger partial charge in [-0.2, -0.15) is 0 Å². The van der Waals surface area contributed by atoms with Gasteiger partial charge < -0.3 is 15.8 Å². The summed E-state index contributed by atoms with van der Waals surface area (Å²) in [7, 11) is 1.51. The number of methoxy groups -OCH3 is 1. The molecule has 0 aliphatic rings. The van der Waals surface area contributed by atoms with E-state index in [4.69, 9.17) is 10.5 Å². The molecule has 0 amide bonds. The van der Waals surface area contributed by atoms with Crippen LogP contribution in [0.5, 0.6) is 5.75 Å². The first kappa shape index (κ1) is 12.2. The van der Waals surface area contributed by atoms with Crippen molar-refractivity contribution < 1.29 is 9.13 Å². The Morgan fingerprint density at radius 1 is 1.17 bits per heavy atom. The van der Waals surface area contributed by atoms with Gasteiger partial charge in [-0.25, -0.2) is 4.39 Å². The molecule has 0 bridgehead atoms. The number of rotatable bonds is 3. The zero-order valence-electron chi connectivity index (χ0n) is 10.3. The maximum Gasteiger partial charge on any atom is 0.145 e. The Bertz CT molecular complexity index is 570. The maximum absolute atomic E-state index is 13.1. The van der Waals surface area contributed by atoms with E-state index in [1.54, 1.807) is 6.07 Å². The van der Waals surface area contributed by atoms with Crippen molar-refractivity contribution in [3.05, 3.63) is 47.8 Å². The molecule has 0 aliphatic heterocycles. The molecule has 0 aromatic heterocycles. The van der Waals surface area contributed by atoms with Crippen LogP contribution in [0.3, 0.4) is 0 Å². The molecule has 0 fully saturated rings. The van der Waals surface area contributed by atoms with Gasteiger partial charge in [-0.1, -0.05) is 0 Å². The lowest BCUT2D eigenvalue weighted by Crippen LogP contribution is -1.97. The summed E-state index contributed by atoms with van der Waals surface area (Å²) in [5.41, 5.74) is 9.08. The van der Waals surface area contributed by atoms with Crippen LogP contribution in [0, 0.1) is 12.7 Å². The fourth-order valence-electron chi connectivity index (χ4n) is 1.68. The number of hydrogen-bond acceptors (Lipinski definition) is 3. The number of benzene rings is 2. The monoisotopic (exact) mass is 246 g/mol. The predicted octanol–water partition coefficient (Wildman–Crippen LogP) is 3.47. The first-order valence-electron chi connectivity index (χ1n) is 5.57. The third-order valence-corrected chi connectivity index (χ3v) is 2.71. The highest BCUT2D eigenvalue weighted by Gasteiger charge is 2.05. The summed E-state index contributed by atoms with van der Waals surface area (Å²) < 4.78 is 18.2. The summed E-state index contributed by atoms with van der Waals surface area (Å²) in [5, 5.41) is 3.17. The SMILES string of the molecule is COc1cc(F)ccc1Nc1ccc(N)c(C)c1. The molecule has 4 heteroatoms. The van der Waals surface area contributed by atoms with E-state index in [0.29, 0.717) is 11.4 Å². The molecule has 0 saturated carbocycles. The number of nitrogen functional groups attached to an aromatic ring is 1. The largest absolute Gasteiger partial charge is 0.494 e. The molecule has 0 aliphatic carbocycles. The van der Waals surface area contributed by atoms with Gasteiger partial charge in [0.15, 0.2) is 0 Å². The fourth-order valence-corrected chi connectivity index (χ4v) is 1.68. The minimum Gasteiger partial charge on any atom is -0.494 e. The predicted molar refractivity (Wildman–Crippen MR) is 71.8 cm³/mol. The molecule has 2 rings (SSSR count). The topological polar surface area (TPSA) is 47.3 Å². The van der Waals surface area contributed by atoms with E-state index in [-0.39, 0.29) is 5.82 Å². The fraction of sp³-hybridized carbons (Fsp3) is 0.143. The molecule has 0 saturated heterocycles. The molecular formula is C14H15FN2O. The molecular weight excluding hydrogens is 231 g/mol. The average molecular weight is 246 g/mol.